The van der Waals surface area contributed by atoms with Crippen LogP contribution in [-0.4, -0.2) is 35.6 Å². The molecule has 0 fully saturated rings. The van der Waals surface area contributed by atoms with Crippen molar-refractivity contribution >= 4 is 28.6 Å². The van der Waals surface area contributed by atoms with Crippen LogP contribution in [-0.2, 0) is 12.5 Å². The third kappa shape index (κ3) is 4.70. The number of rotatable bonds is 5. The molecule has 5 rings (SSSR count). The van der Waals surface area contributed by atoms with Gasteiger partial charge in [0, 0.05) is 36.6 Å². The molecule has 39 heavy (non-hydrogen) atoms. The fourth-order valence-corrected chi connectivity index (χ4v) is 4.27. The first-order valence-corrected chi connectivity index (χ1v) is 12.0. The third-order valence-electron chi connectivity index (χ3n) is 6.33. The second kappa shape index (κ2) is 9.67. The van der Waals surface area contributed by atoms with Crippen LogP contribution in [0.15, 0.2) is 71.0 Å². The number of aldehydes is 1. The standard InChI is InChI=1S/C28H24FN7O3/c1-28(2,3)18-9-16-12-33-36(27(39)24(16)21(29)11-18)25-20(14-37)19(5-8-31-25)17-10-22(26(38)35(4)13-17)34-23-6-7-30-15-32-23/h5-15H,1-4H3,(H,30,32,34). The summed E-state index contributed by atoms with van der Waals surface area (Å²) in [5.74, 6) is -0.331. The Bertz CT molecular complexity index is 1860. The molecular formula is C28H24FN7O3. The van der Waals surface area contributed by atoms with Crippen LogP contribution < -0.4 is 16.4 Å². The summed E-state index contributed by atoms with van der Waals surface area (Å²) in [6.07, 6.45) is 7.79. The topological polar surface area (TPSA) is 125 Å². The lowest BCUT2D eigenvalue weighted by atomic mass is 9.86. The lowest BCUT2D eigenvalue weighted by molar-refractivity contribution is 0.112. The van der Waals surface area contributed by atoms with Gasteiger partial charge in [-0.05, 0) is 46.9 Å². The van der Waals surface area contributed by atoms with Gasteiger partial charge < -0.3 is 9.88 Å². The Balaban J connectivity index is 1.67. The highest BCUT2D eigenvalue weighted by molar-refractivity contribution is 5.92. The van der Waals surface area contributed by atoms with Gasteiger partial charge in [0.25, 0.3) is 11.1 Å². The van der Waals surface area contributed by atoms with Crippen LogP contribution >= 0.6 is 0 Å². The lowest BCUT2D eigenvalue weighted by Crippen LogP contribution is -2.25. The van der Waals surface area contributed by atoms with E-state index in [1.807, 2.05) is 20.8 Å². The minimum absolute atomic E-state index is 0.0461. The van der Waals surface area contributed by atoms with Gasteiger partial charge in [0.1, 0.15) is 23.6 Å². The molecule has 0 saturated carbocycles. The Kier molecular flexibility index (Phi) is 6.35. The van der Waals surface area contributed by atoms with Gasteiger partial charge >= 0.3 is 0 Å². The van der Waals surface area contributed by atoms with Gasteiger partial charge in [-0.25, -0.2) is 19.3 Å². The van der Waals surface area contributed by atoms with Crippen molar-refractivity contribution in [2.45, 2.75) is 26.2 Å². The molecular weight excluding hydrogens is 501 g/mol. The molecule has 0 aliphatic rings. The molecule has 0 spiro atoms. The smallest absolute Gasteiger partial charge is 0.283 e. The maximum atomic E-state index is 15.2. The van der Waals surface area contributed by atoms with Gasteiger partial charge in [-0.3, -0.25) is 14.4 Å². The number of aromatic nitrogens is 6. The van der Waals surface area contributed by atoms with E-state index in [4.69, 9.17) is 0 Å². The van der Waals surface area contributed by atoms with Crippen LogP contribution in [0.1, 0.15) is 36.7 Å². The summed E-state index contributed by atoms with van der Waals surface area (Å²) >= 11 is 0. The van der Waals surface area contributed by atoms with E-state index in [-0.39, 0.29) is 33.4 Å². The minimum Gasteiger partial charge on any atom is -0.336 e. The fourth-order valence-electron chi connectivity index (χ4n) is 4.27. The molecule has 0 bridgehead atoms. The van der Waals surface area contributed by atoms with Gasteiger partial charge in [-0.1, -0.05) is 20.8 Å². The first kappa shape index (κ1) is 25.6. The van der Waals surface area contributed by atoms with Crippen molar-refractivity contribution < 1.29 is 9.18 Å². The predicted molar refractivity (Wildman–Crippen MR) is 145 cm³/mol. The summed E-state index contributed by atoms with van der Waals surface area (Å²) in [5, 5.41) is 7.38. The maximum absolute atomic E-state index is 15.2. The Morgan fingerprint density at radius 3 is 2.51 bits per heavy atom. The number of halogens is 1. The highest BCUT2D eigenvalue weighted by atomic mass is 19.1. The molecule has 0 aliphatic carbocycles. The quantitative estimate of drug-likeness (QED) is 0.342. The number of anilines is 2. The molecule has 0 aliphatic heterocycles. The SMILES string of the molecule is Cn1cc(-c2ccnc(-n3ncc4cc(C(C)(C)C)cc(F)c4c3=O)c2C=O)cc(Nc2ccncn2)c1=O. The summed E-state index contributed by atoms with van der Waals surface area (Å²) in [7, 11) is 1.57. The Morgan fingerprint density at radius 1 is 1.03 bits per heavy atom. The summed E-state index contributed by atoms with van der Waals surface area (Å²) in [5.41, 5.74) is 0.471. The number of carbonyl (C=O) groups excluding carboxylic acids is 1. The van der Waals surface area contributed by atoms with E-state index in [9.17, 15) is 14.4 Å². The number of carbonyl (C=O) groups is 1. The number of hydrogen-bond acceptors (Lipinski definition) is 8. The van der Waals surface area contributed by atoms with Crippen molar-refractivity contribution in [3.63, 3.8) is 0 Å². The molecule has 0 unspecified atom stereocenters. The number of pyridine rings is 2. The average Bonchev–Trinajstić information content (AvgIpc) is 2.90. The van der Waals surface area contributed by atoms with E-state index >= 15 is 4.39 Å². The van der Waals surface area contributed by atoms with Gasteiger partial charge in [0.05, 0.1) is 17.1 Å². The number of benzene rings is 1. The second-order valence-electron chi connectivity index (χ2n) is 10.0. The van der Waals surface area contributed by atoms with Crippen molar-refractivity contribution in [1.29, 1.82) is 0 Å². The zero-order valence-electron chi connectivity index (χ0n) is 21.6. The summed E-state index contributed by atoms with van der Waals surface area (Å²) in [6.45, 7) is 5.84. The number of nitrogens with one attached hydrogen (secondary N) is 1. The molecule has 0 saturated heterocycles. The first-order valence-electron chi connectivity index (χ1n) is 12.0. The summed E-state index contributed by atoms with van der Waals surface area (Å²) < 4.78 is 17.5. The van der Waals surface area contributed by atoms with E-state index < -0.39 is 11.4 Å². The van der Waals surface area contributed by atoms with Crippen LogP contribution in [0.2, 0.25) is 0 Å². The van der Waals surface area contributed by atoms with Gasteiger partial charge in [-0.2, -0.15) is 9.78 Å². The van der Waals surface area contributed by atoms with Gasteiger partial charge in [0.15, 0.2) is 12.1 Å². The molecule has 0 atom stereocenters. The highest BCUT2D eigenvalue weighted by Gasteiger charge is 2.21. The molecule has 0 amide bonds. The molecule has 11 heteroatoms. The second-order valence-corrected chi connectivity index (χ2v) is 10.0. The van der Waals surface area contributed by atoms with Crippen LogP contribution in [0.5, 0.6) is 0 Å². The number of nitrogens with zero attached hydrogens (tertiary/aromatic N) is 6. The number of fused-ring (bicyclic) bond motifs is 1. The molecule has 196 valence electrons. The monoisotopic (exact) mass is 525 g/mol. The molecule has 1 N–H and O–H groups in total. The largest absolute Gasteiger partial charge is 0.336 e. The van der Waals surface area contributed by atoms with E-state index in [0.717, 1.165) is 10.2 Å². The molecule has 1 aromatic carbocycles. The van der Waals surface area contributed by atoms with Gasteiger partial charge in [0.2, 0.25) is 0 Å². The van der Waals surface area contributed by atoms with E-state index in [1.165, 1.54) is 35.6 Å². The zero-order chi connectivity index (χ0) is 27.9. The van der Waals surface area contributed by atoms with Crippen LogP contribution in [0.3, 0.4) is 0 Å². The van der Waals surface area contributed by atoms with Crippen molar-refractivity contribution in [2.75, 3.05) is 5.32 Å². The zero-order valence-corrected chi connectivity index (χ0v) is 21.6. The molecule has 10 nitrogen and oxygen atoms in total. The third-order valence-corrected chi connectivity index (χ3v) is 6.33. The summed E-state index contributed by atoms with van der Waals surface area (Å²) in [4.78, 5) is 50.7. The molecule has 4 aromatic heterocycles. The summed E-state index contributed by atoms with van der Waals surface area (Å²) in [6, 6.07) is 7.84. The fraction of sp³-hybridized carbons (Fsp3) is 0.179. The Morgan fingerprint density at radius 2 is 1.82 bits per heavy atom. The minimum atomic E-state index is -0.746. The maximum Gasteiger partial charge on any atom is 0.283 e. The normalized spacial score (nSPS) is 11.5. The van der Waals surface area contributed by atoms with Crippen molar-refractivity contribution in [2.24, 2.45) is 7.05 Å². The van der Waals surface area contributed by atoms with Gasteiger partial charge in [-0.15, -0.1) is 0 Å². The first-order chi connectivity index (χ1) is 18.6. The van der Waals surface area contributed by atoms with E-state index in [1.54, 1.807) is 37.5 Å². The Labute approximate surface area is 221 Å². The average molecular weight is 526 g/mol. The molecule has 5 aromatic rings. The van der Waals surface area contributed by atoms with Crippen molar-refractivity contribution in [3.05, 3.63) is 99.1 Å². The van der Waals surface area contributed by atoms with Crippen molar-refractivity contribution in [1.82, 2.24) is 29.3 Å². The number of aryl methyl sites for hydroxylation is 1. The van der Waals surface area contributed by atoms with E-state index in [2.05, 4.69) is 25.4 Å². The molecule has 0 radical (unpaired) electrons. The Hall–Kier alpha value is -5.06. The highest BCUT2D eigenvalue weighted by Crippen LogP contribution is 2.29. The van der Waals surface area contributed by atoms with Crippen LogP contribution in [0.25, 0.3) is 27.7 Å². The van der Waals surface area contributed by atoms with Crippen molar-refractivity contribution in [3.8, 4) is 16.9 Å². The van der Waals surface area contributed by atoms with E-state index in [0.29, 0.717) is 28.6 Å². The molecule has 4 heterocycles. The number of hydrogen-bond donors (Lipinski definition) is 1. The van der Waals surface area contributed by atoms with Crippen LogP contribution in [0, 0.1) is 5.82 Å². The lowest BCUT2D eigenvalue weighted by Gasteiger charge is -2.20. The predicted octanol–water partition coefficient (Wildman–Crippen LogP) is 3.93. The van der Waals surface area contributed by atoms with Crippen LogP contribution in [0.4, 0.5) is 15.9 Å².